The molecule has 0 aliphatic carbocycles. The van der Waals surface area contributed by atoms with Gasteiger partial charge >= 0.3 is 59.1 Å². The molecular weight excluding hydrogens is 190 g/mol. The number of rotatable bonds is 0. The Hall–Kier alpha value is 2.07. The Morgan fingerprint density at radius 3 is 0.300 bits per heavy atom. The van der Waals surface area contributed by atoms with Crippen LogP contribution in [0.3, 0.4) is 0 Å². The molecule has 0 aliphatic rings. The van der Waals surface area contributed by atoms with Gasteiger partial charge in [0.05, 0.1) is 0 Å². The molecule has 0 rings (SSSR count). The third kappa shape index (κ3) is 193. The van der Waals surface area contributed by atoms with Crippen molar-refractivity contribution in [3.8, 4) is 0 Å². The molecule has 10 heteroatoms. The largest absolute Gasteiger partial charge is 1.00 e. The minimum absolute atomic E-state index is 0. The normalized spacial score (nSPS) is 0. The van der Waals surface area contributed by atoms with Crippen LogP contribution >= 0.6 is 0 Å². The molecule has 10 heavy (non-hydrogen) atoms. The average Bonchev–Trinajstić information content (AvgIpc) is 0. The molecule has 0 bridgehead atoms. The van der Waals surface area contributed by atoms with Crippen LogP contribution in [0.2, 0.25) is 0 Å². The predicted octanol–water partition coefficient (Wildman–Crippen LogP) is -12.0. The molecule has 0 aromatic rings. The van der Waals surface area contributed by atoms with Crippen LogP contribution in [0.25, 0.3) is 0 Å². The van der Waals surface area contributed by atoms with Gasteiger partial charge in [-0.3, -0.25) is 0 Å². The van der Waals surface area contributed by atoms with Crippen LogP contribution < -0.4 is 59.1 Å². The van der Waals surface area contributed by atoms with Gasteiger partial charge in [-0.15, -0.1) is 0 Å². The first-order valence-electron chi connectivity index (χ1n) is 0. The summed E-state index contributed by atoms with van der Waals surface area (Å²) in [7, 11) is 0. The summed E-state index contributed by atoms with van der Waals surface area (Å²) in [5.41, 5.74) is 0. The Kier molecular flexibility index (Phi) is 9040. The molecule has 0 heterocycles. The van der Waals surface area contributed by atoms with Crippen molar-refractivity contribution in [2.45, 2.75) is 0 Å². The third-order valence-corrected chi connectivity index (χ3v) is 0. The summed E-state index contributed by atoms with van der Waals surface area (Å²) in [6.07, 6.45) is 0. The maximum atomic E-state index is 0. The second-order valence-electron chi connectivity index (χ2n) is 0. The van der Waals surface area contributed by atoms with Crippen LogP contribution in [-0.4, -0.2) is 38.3 Å². The molecule has 0 aromatic heterocycles. The molecule has 14 N–H and O–H groups in total. The van der Waals surface area contributed by atoms with Gasteiger partial charge in [0, 0.05) is 0 Å². The second kappa shape index (κ2) is 262. The van der Waals surface area contributed by atoms with E-state index in [9.17, 15) is 0 Å². The van der Waals surface area contributed by atoms with E-state index in [1.54, 1.807) is 0 Å². The minimum Gasteiger partial charge on any atom is -0.813 e. The van der Waals surface area contributed by atoms with Crippen LogP contribution in [0.5, 0.6) is 0 Å². The summed E-state index contributed by atoms with van der Waals surface area (Å²) in [6.45, 7) is 0. The number of hydrogen-bond acceptors (Lipinski definition) is 1. The Morgan fingerprint density at radius 2 is 0.300 bits per heavy atom. The molecular formula is H15Na2O7S+. The van der Waals surface area contributed by atoms with Gasteiger partial charge in [-0.1, -0.05) is 0 Å². The fraction of sp³-hybridized carbons (Fsp3) is 0. The van der Waals surface area contributed by atoms with E-state index in [2.05, 4.69) is 0 Å². The zero-order valence-electron chi connectivity index (χ0n) is 5.95. The van der Waals surface area contributed by atoms with E-state index in [1.807, 2.05) is 0 Å². The first-order valence-corrected chi connectivity index (χ1v) is 0. The van der Waals surface area contributed by atoms with Crippen LogP contribution in [0, 0.1) is 0 Å². The molecule has 0 aromatic carbocycles. The summed E-state index contributed by atoms with van der Waals surface area (Å²) in [4.78, 5) is 0. The molecule has 0 unspecified atom stereocenters. The zero-order chi connectivity index (χ0) is 0. The molecule has 0 radical (unpaired) electrons. The molecule has 0 amide bonds. The maximum Gasteiger partial charge on any atom is 1.00 e. The van der Waals surface area contributed by atoms with Crippen molar-refractivity contribution in [3.05, 3.63) is 0 Å². The smallest absolute Gasteiger partial charge is 0.813 e. The Morgan fingerprint density at radius 1 is 0.300 bits per heavy atom. The van der Waals surface area contributed by atoms with Gasteiger partial charge in [-0.25, -0.2) is 0 Å². The summed E-state index contributed by atoms with van der Waals surface area (Å²) < 4.78 is 0. The monoisotopic (exact) mass is 205 g/mol. The first-order chi connectivity index (χ1) is 0. The van der Waals surface area contributed by atoms with Crippen molar-refractivity contribution in [2.24, 2.45) is 0 Å². The fourth-order valence-corrected chi connectivity index (χ4v) is 0. The van der Waals surface area contributed by atoms with E-state index in [4.69, 9.17) is 0 Å². The molecule has 64 valence electrons. The molecule has 0 fully saturated rings. The molecule has 0 spiro atoms. The van der Waals surface area contributed by atoms with E-state index in [1.165, 1.54) is 0 Å². The van der Waals surface area contributed by atoms with E-state index >= 15 is 0 Å². The Bertz CT molecular complexity index is 11.6. The molecule has 0 saturated carbocycles. The van der Waals surface area contributed by atoms with Crippen LogP contribution in [0.1, 0.15) is 0 Å². The first kappa shape index (κ1) is 345. The second-order valence-corrected chi connectivity index (χ2v) is 0. The van der Waals surface area contributed by atoms with Gasteiger partial charge in [-0.2, -0.15) is 0 Å². The van der Waals surface area contributed by atoms with Crippen molar-refractivity contribution >= 4 is 13.5 Å². The summed E-state index contributed by atoms with van der Waals surface area (Å²) in [6, 6.07) is 0. The predicted molar refractivity (Wildman–Crippen MR) is 34.1 cm³/mol. The summed E-state index contributed by atoms with van der Waals surface area (Å²) >= 11 is 0. The standard InChI is InChI=1S/2Na.7H2O.H2S/h;;8*1H2/q2*+1;;;;;;;;/p-1. The van der Waals surface area contributed by atoms with Crippen LogP contribution in [0.4, 0.5) is 0 Å². The Labute approximate surface area is 110 Å². The summed E-state index contributed by atoms with van der Waals surface area (Å²) in [5.74, 6) is 0. The van der Waals surface area contributed by atoms with E-state index in [-0.39, 0.29) is 111 Å². The minimum atomic E-state index is 0. The molecule has 0 saturated heterocycles. The van der Waals surface area contributed by atoms with Gasteiger partial charge in [0.2, 0.25) is 0 Å². The van der Waals surface area contributed by atoms with Gasteiger partial charge in [0.1, 0.15) is 0 Å². The van der Waals surface area contributed by atoms with Gasteiger partial charge in [0.25, 0.3) is 0 Å². The third-order valence-electron chi connectivity index (χ3n) is 0. The van der Waals surface area contributed by atoms with Crippen molar-refractivity contribution in [1.82, 2.24) is 0 Å². The van der Waals surface area contributed by atoms with Crippen LogP contribution in [0.15, 0.2) is 0 Å². The Balaban J connectivity index is 0. The van der Waals surface area contributed by atoms with Crippen molar-refractivity contribution in [1.29, 1.82) is 0 Å². The maximum absolute atomic E-state index is 0. The van der Waals surface area contributed by atoms with Crippen molar-refractivity contribution in [3.63, 3.8) is 0 Å². The van der Waals surface area contributed by atoms with Crippen molar-refractivity contribution < 1.29 is 97.4 Å². The summed E-state index contributed by atoms with van der Waals surface area (Å²) in [5, 5.41) is 0. The molecule has 0 atom stereocenters. The zero-order valence-corrected chi connectivity index (χ0v) is 10.8. The SMILES string of the molecule is O.O.O.O.O.O.O.[Na+].[Na+].[SH-]. The van der Waals surface area contributed by atoms with Crippen molar-refractivity contribution in [2.75, 3.05) is 0 Å². The topological polar surface area (TPSA) is 220 Å². The van der Waals surface area contributed by atoms with E-state index in [0.29, 0.717) is 0 Å². The van der Waals surface area contributed by atoms with E-state index < -0.39 is 0 Å². The number of thiol groups is 1. The quantitative estimate of drug-likeness (QED) is 0.209. The molecule has 7 nitrogen and oxygen atoms in total. The van der Waals surface area contributed by atoms with Gasteiger partial charge < -0.3 is 51.8 Å². The molecule has 0 aliphatic heterocycles. The average molecular weight is 205 g/mol. The van der Waals surface area contributed by atoms with Crippen LogP contribution in [-0.2, 0) is 13.5 Å². The number of hydrogen-bond donors (Lipinski definition) is 0. The van der Waals surface area contributed by atoms with E-state index in [0.717, 1.165) is 0 Å². The fourth-order valence-electron chi connectivity index (χ4n) is 0. The van der Waals surface area contributed by atoms with Gasteiger partial charge in [-0.05, 0) is 0 Å². The van der Waals surface area contributed by atoms with Gasteiger partial charge in [0.15, 0.2) is 0 Å².